The fourth-order valence-corrected chi connectivity index (χ4v) is 2.08. The van der Waals surface area contributed by atoms with Gasteiger partial charge in [-0.2, -0.15) is 0 Å². The van der Waals surface area contributed by atoms with Crippen LogP contribution in [0.15, 0.2) is 30.5 Å². The first-order valence-corrected chi connectivity index (χ1v) is 5.29. The zero-order valence-electron chi connectivity index (χ0n) is 9.62. The number of fused-ring (bicyclic) bond motifs is 1. The van der Waals surface area contributed by atoms with Crippen LogP contribution in [0.3, 0.4) is 0 Å². The summed E-state index contributed by atoms with van der Waals surface area (Å²) in [6, 6.07) is 8.55. The molecule has 0 aliphatic rings. The van der Waals surface area contributed by atoms with E-state index in [1.165, 1.54) is 16.5 Å². The van der Waals surface area contributed by atoms with Crippen LogP contribution >= 0.6 is 0 Å². The standard InChI is InChI=1S/C13H18N2/c1-13(2,14)9-11-6-4-5-10-7-8-15(3)12(10)11/h4-8H,9,14H2,1-3H3. The predicted octanol–water partition coefficient (Wildman–Crippen LogP) is 2.46. The van der Waals surface area contributed by atoms with E-state index in [0.29, 0.717) is 0 Å². The number of hydrogen-bond acceptors (Lipinski definition) is 1. The van der Waals surface area contributed by atoms with Gasteiger partial charge in [-0.05, 0) is 37.3 Å². The molecule has 1 heterocycles. The summed E-state index contributed by atoms with van der Waals surface area (Å²) >= 11 is 0. The Morgan fingerprint density at radius 1 is 1.27 bits per heavy atom. The van der Waals surface area contributed by atoms with Gasteiger partial charge in [0.1, 0.15) is 0 Å². The lowest BCUT2D eigenvalue weighted by molar-refractivity contribution is 0.517. The van der Waals surface area contributed by atoms with Gasteiger partial charge in [-0.3, -0.25) is 0 Å². The van der Waals surface area contributed by atoms with Crippen LogP contribution < -0.4 is 5.73 Å². The van der Waals surface area contributed by atoms with Gasteiger partial charge in [0, 0.05) is 18.8 Å². The monoisotopic (exact) mass is 202 g/mol. The number of hydrogen-bond donors (Lipinski definition) is 1. The summed E-state index contributed by atoms with van der Waals surface area (Å²) < 4.78 is 2.16. The van der Waals surface area contributed by atoms with Gasteiger partial charge in [0.05, 0.1) is 5.52 Å². The number of aryl methyl sites for hydroxylation is 1. The second kappa shape index (κ2) is 3.38. The predicted molar refractivity (Wildman–Crippen MR) is 64.9 cm³/mol. The Bertz CT molecular complexity index is 475. The molecule has 0 amide bonds. The molecule has 0 bridgehead atoms. The minimum atomic E-state index is -0.154. The molecule has 2 aromatic rings. The Kier molecular flexibility index (Phi) is 2.31. The molecule has 0 saturated heterocycles. The van der Waals surface area contributed by atoms with Crippen LogP contribution in [0.25, 0.3) is 10.9 Å². The van der Waals surface area contributed by atoms with Gasteiger partial charge < -0.3 is 10.3 Å². The first-order valence-electron chi connectivity index (χ1n) is 5.29. The van der Waals surface area contributed by atoms with Crippen molar-refractivity contribution in [3.63, 3.8) is 0 Å². The SMILES string of the molecule is Cn1ccc2cccc(CC(C)(C)N)c21. The quantitative estimate of drug-likeness (QED) is 0.796. The number of rotatable bonds is 2. The van der Waals surface area contributed by atoms with Crippen LogP contribution in [0.5, 0.6) is 0 Å². The molecule has 2 nitrogen and oxygen atoms in total. The summed E-state index contributed by atoms with van der Waals surface area (Å²) in [5, 5.41) is 1.29. The summed E-state index contributed by atoms with van der Waals surface area (Å²) in [6.07, 6.45) is 3.00. The molecule has 2 N–H and O–H groups in total. The molecule has 15 heavy (non-hydrogen) atoms. The molecule has 0 atom stereocenters. The van der Waals surface area contributed by atoms with Gasteiger partial charge >= 0.3 is 0 Å². The Morgan fingerprint density at radius 2 is 2.00 bits per heavy atom. The van der Waals surface area contributed by atoms with E-state index in [9.17, 15) is 0 Å². The second-order valence-electron chi connectivity index (χ2n) is 4.95. The molecule has 80 valence electrons. The van der Waals surface area contributed by atoms with E-state index in [1.807, 2.05) is 0 Å². The van der Waals surface area contributed by atoms with Crippen molar-refractivity contribution in [2.24, 2.45) is 12.8 Å². The molecule has 0 radical (unpaired) electrons. The van der Waals surface area contributed by atoms with Gasteiger partial charge in [-0.1, -0.05) is 18.2 Å². The van der Waals surface area contributed by atoms with Gasteiger partial charge in [0.25, 0.3) is 0 Å². The fourth-order valence-electron chi connectivity index (χ4n) is 2.08. The lowest BCUT2D eigenvalue weighted by Gasteiger charge is -2.19. The zero-order valence-corrected chi connectivity index (χ0v) is 9.62. The van der Waals surface area contributed by atoms with Gasteiger partial charge in [-0.25, -0.2) is 0 Å². The molecular formula is C13H18N2. The highest BCUT2D eigenvalue weighted by Crippen LogP contribution is 2.22. The van der Waals surface area contributed by atoms with Crippen molar-refractivity contribution in [2.75, 3.05) is 0 Å². The van der Waals surface area contributed by atoms with Gasteiger partial charge in [0.2, 0.25) is 0 Å². The Labute approximate surface area is 90.7 Å². The van der Waals surface area contributed by atoms with E-state index in [-0.39, 0.29) is 5.54 Å². The van der Waals surface area contributed by atoms with Crippen molar-refractivity contribution in [2.45, 2.75) is 25.8 Å². The number of para-hydroxylation sites is 1. The minimum absolute atomic E-state index is 0.154. The minimum Gasteiger partial charge on any atom is -0.350 e. The fraction of sp³-hybridized carbons (Fsp3) is 0.385. The third-order valence-electron chi connectivity index (χ3n) is 2.63. The van der Waals surface area contributed by atoms with E-state index in [0.717, 1.165) is 6.42 Å². The third kappa shape index (κ3) is 2.05. The number of nitrogens with two attached hydrogens (primary N) is 1. The summed E-state index contributed by atoms with van der Waals surface area (Å²) in [5.41, 5.74) is 8.54. The van der Waals surface area contributed by atoms with E-state index in [1.54, 1.807) is 0 Å². The lowest BCUT2D eigenvalue weighted by atomic mass is 9.95. The van der Waals surface area contributed by atoms with Crippen molar-refractivity contribution < 1.29 is 0 Å². The number of nitrogens with zero attached hydrogens (tertiary/aromatic N) is 1. The maximum atomic E-state index is 6.07. The van der Waals surface area contributed by atoms with Crippen molar-refractivity contribution in [3.8, 4) is 0 Å². The first kappa shape index (κ1) is 10.2. The van der Waals surface area contributed by atoms with Crippen molar-refractivity contribution >= 4 is 10.9 Å². The summed E-state index contributed by atoms with van der Waals surface area (Å²) in [5.74, 6) is 0. The molecule has 0 saturated carbocycles. The molecule has 1 aromatic carbocycles. The smallest absolute Gasteiger partial charge is 0.0510 e. The van der Waals surface area contributed by atoms with E-state index in [2.05, 4.69) is 55.9 Å². The third-order valence-corrected chi connectivity index (χ3v) is 2.63. The van der Waals surface area contributed by atoms with Crippen LogP contribution in [0, 0.1) is 0 Å². The molecular weight excluding hydrogens is 184 g/mol. The maximum absolute atomic E-state index is 6.07. The van der Waals surface area contributed by atoms with Crippen LogP contribution in [0.1, 0.15) is 19.4 Å². The van der Waals surface area contributed by atoms with Crippen molar-refractivity contribution in [3.05, 3.63) is 36.0 Å². The molecule has 0 aliphatic heterocycles. The normalized spacial score (nSPS) is 12.3. The van der Waals surface area contributed by atoms with Crippen molar-refractivity contribution in [1.82, 2.24) is 4.57 Å². The molecule has 2 heteroatoms. The molecule has 2 rings (SSSR count). The lowest BCUT2D eigenvalue weighted by Crippen LogP contribution is -2.34. The largest absolute Gasteiger partial charge is 0.350 e. The summed E-state index contributed by atoms with van der Waals surface area (Å²) in [4.78, 5) is 0. The first-order chi connectivity index (χ1) is 6.97. The molecule has 0 aliphatic carbocycles. The average Bonchev–Trinajstić information content (AvgIpc) is 2.46. The topological polar surface area (TPSA) is 30.9 Å². The highest BCUT2D eigenvalue weighted by Gasteiger charge is 2.14. The number of benzene rings is 1. The second-order valence-corrected chi connectivity index (χ2v) is 4.95. The highest BCUT2D eigenvalue weighted by atomic mass is 14.9. The Hall–Kier alpha value is -1.28. The summed E-state index contributed by atoms with van der Waals surface area (Å²) in [6.45, 7) is 4.13. The van der Waals surface area contributed by atoms with E-state index >= 15 is 0 Å². The zero-order chi connectivity index (χ0) is 11.1. The molecule has 0 unspecified atom stereocenters. The number of aromatic nitrogens is 1. The van der Waals surface area contributed by atoms with E-state index in [4.69, 9.17) is 5.73 Å². The summed E-state index contributed by atoms with van der Waals surface area (Å²) in [7, 11) is 2.08. The molecule has 0 spiro atoms. The van der Waals surface area contributed by atoms with Crippen molar-refractivity contribution in [1.29, 1.82) is 0 Å². The van der Waals surface area contributed by atoms with Gasteiger partial charge in [-0.15, -0.1) is 0 Å². The van der Waals surface area contributed by atoms with Crippen LogP contribution in [-0.4, -0.2) is 10.1 Å². The Balaban J connectivity index is 2.55. The molecule has 0 fully saturated rings. The Morgan fingerprint density at radius 3 is 2.67 bits per heavy atom. The average molecular weight is 202 g/mol. The maximum Gasteiger partial charge on any atom is 0.0510 e. The van der Waals surface area contributed by atoms with Crippen LogP contribution in [0.4, 0.5) is 0 Å². The highest BCUT2D eigenvalue weighted by molar-refractivity contribution is 5.83. The van der Waals surface area contributed by atoms with E-state index < -0.39 is 0 Å². The van der Waals surface area contributed by atoms with Crippen LogP contribution in [0.2, 0.25) is 0 Å². The molecule has 1 aromatic heterocycles. The van der Waals surface area contributed by atoms with Gasteiger partial charge in [0.15, 0.2) is 0 Å². The van der Waals surface area contributed by atoms with Crippen LogP contribution in [-0.2, 0) is 13.5 Å².